The monoisotopic (exact) mass is 277 g/mol. The van der Waals surface area contributed by atoms with Crippen LogP contribution in [0.25, 0.3) is 6.08 Å². The van der Waals surface area contributed by atoms with Crippen LogP contribution in [0, 0.1) is 6.92 Å². The minimum Gasteiger partial charge on any atom is -0.464 e. The smallest absolute Gasteiger partial charge is 0.244 e. The van der Waals surface area contributed by atoms with Gasteiger partial charge >= 0.3 is 0 Å². The maximum Gasteiger partial charge on any atom is 0.244 e. The summed E-state index contributed by atoms with van der Waals surface area (Å²) in [6, 6.07) is 7.32. The van der Waals surface area contributed by atoms with E-state index in [1.807, 2.05) is 17.5 Å². The van der Waals surface area contributed by atoms with Gasteiger partial charge in [0.25, 0.3) is 0 Å². The van der Waals surface area contributed by atoms with Gasteiger partial charge in [0.1, 0.15) is 17.6 Å². The number of thiophene rings is 1. The molecule has 0 aliphatic rings. The molecule has 0 aromatic carbocycles. The summed E-state index contributed by atoms with van der Waals surface area (Å²) in [4.78, 5) is 12.6. The summed E-state index contributed by atoms with van der Waals surface area (Å²) >= 11 is 1.56. The van der Waals surface area contributed by atoms with Crippen molar-refractivity contribution < 1.29 is 14.3 Å². The molecule has 2 aromatic heterocycles. The van der Waals surface area contributed by atoms with E-state index in [1.54, 1.807) is 36.5 Å². The number of nitrogens with one attached hydrogen (secondary N) is 1. The van der Waals surface area contributed by atoms with Crippen LogP contribution in [-0.4, -0.2) is 17.6 Å². The van der Waals surface area contributed by atoms with E-state index in [0.717, 1.165) is 10.6 Å². The zero-order chi connectivity index (χ0) is 13.7. The molecule has 0 fully saturated rings. The van der Waals surface area contributed by atoms with Crippen LogP contribution >= 0.6 is 11.3 Å². The van der Waals surface area contributed by atoms with Gasteiger partial charge in [-0.3, -0.25) is 4.79 Å². The maximum atomic E-state index is 11.5. The van der Waals surface area contributed by atoms with E-state index in [1.165, 1.54) is 6.08 Å². The minimum absolute atomic E-state index is 0.126. The Morgan fingerprint density at radius 1 is 1.53 bits per heavy atom. The van der Waals surface area contributed by atoms with Crippen molar-refractivity contribution in [3.05, 3.63) is 52.1 Å². The Labute approximate surface area is 115 Å². The van der Waals surface area contributed by atoms with E-state index < -0.39 is 6.10 Å². The average molecular weight is 277 g/mol. The van der Waals surface area contributed by atoms with Crippen LogP contribution < -0.4 is 5.32 Å². The molecule has 0 bridgehead atoms. The summed E-state index contributed by atoms with van der Waals surface area (Å²) in [5, 5.41) is 14.4. The molecule has 5 heteroatoms. The van der Waals surface area contributed by atoms with Gasteiger partial charge in [-0.25, -0.2) is 0 Å². The van der Waals surface area contributed by atoms with Gasteiger partial charge < -0.3 is 14.8 Å². The molecular formula is C14H15NO3S. The average Bonchev–Trinajstić information content (AvgIpc) is 3.04. The molecule has 0 saturated carbocycles. The van der Waals surface area contributed by atoms with Crippen LogP contribution in [0.1, 0.15) is 22.5 Å². The number of amides is 1. The van der Waals surface area contributed by atoms with Crippen LogP contribution in [0.2, 0.25) is 0 Å². The Kier molecular flexibility index (Phi) is 4.54. The first-order valence-corrected chi connectivity index (χ1v) is 6.77. The maximum absolute atomic E-state index is 11.5. The molecule has 100 valence electrons. The summed E-state index contributed by atoms with van der Waals surface area (Å²) < 4.78 is 5.28. The van der Waals surface area contributed by atoms with Crippen LogP contribution in [0.5, 0.6) is 0 Å². The fourth-order valence-corrected chi connectivity index (χ4v) is 2.15. The molecule has 2 rings (SSSR count). The van der Waals surface area contributed by atoms with Crippen molar-refractivity contribution in [1.29, 1.82) is 0 Å². The van der Waals surface area contributed by atoms with Crippen LogP contribution in [0.3, 0.4) is 0 Å². The molecule has 0 spiro atoms. The summed E-state index contributed by atoms with van der Waals surface area (Å²) in [7, 11) is 0. The minimum atomic E-state index is -0.826. The summed E-state index contributed by atoms with van der Waals surface area (Å²) in [6.45, 7) is 1.93. The third-order valence-electron chi connectivity index (χ3n) is 2.50. The Morgan fingerprint density at radius 2 is 2.37 bits per heavy atom. The molecular weight excluding hydrogens is 262 g/mol. The van der Waals surface area contributed by atoms with Crippen LogP contribution in [0.15, 0.2) is 40.1 Å². The third kappa shape index (κ3) is 4.08. The van der Waals surface area contributed by atoms with Gasteiger partial charge in [-0.1, -0.05) is 6.07 Å². The molecule has 0 saturated heterocycles. The highest BCUT2D eigenvalue weighted by Crippen LogP contribution is 2.15. The van der Waals surface area contributed by atoms with Crippen molar-refractivity contribution >= 4 is 23.3 Å². The molecule has 2 heterocycles. The molecule has 1 unspecified atom stereocenters. The van der Waals surface area contributed by atoms with Gasteiger partial charge in [0.15, 0.2) is 0 Å². The molecule has 0 aliphatic carbocycles. The van der Waals surface area contributed by atoms with E-state index in [4.69, 9.17) is 4.42 Å². The number of furan rings is 1. The highest BCUT2D eigenvalue weighted by atomic mass is 32.1. The van der Waals surface area contributed by atoms with Gasteiger partial charge in [-0.2, -0.15) is 0 Å². The van der Waals surface area contributed by atoms with E-state index in [2.05, 4.69) is 5.32 Å². The number of aliphatic hydroxyl groups excluding tert-OH is 1. The Hall–Kier alpha value is -1.85. The lowest BCUT2D eigenvalue weighted by Crippen LogP contribution is -2.26. The van der Waals surface area contributed by atoms with Gasteiger partial charge in [-0.05, 0) is 36.6 Å². The lowest BCUT2D eigenvalue weighted by molar-refractivity contribution is -0.116. The Morgan fingerprint density at radius 3 is 3.00 bits per heavy atom. The van der Waals surface area contributed by atoms with Crippen molar-refractivity contribution in [2.24, 2.45) is 0 Å². The van der Waals surface area contributed by atoms with Crippen molar-refractivity contribution in [3.8, 4) is 0 Å². The van der Waals surface area contributed by atoms with Gasteiger partial charge in [0.05, 0.1) is 6.54 Å². The quantitative estimate of drug-likeness (QED) is 0.825. The largest absolute Gasteiger partial charge is 0.464 e. The molecule has 1 amide bonds. The topological polar surface area (TPSA) is 62.5 Å². The zero-order valence-electron chi connectivity index (χ0n) is 10.5. The predicted octanol–water partition coefficient (Wildman–Crippen LogP) is 2.51. The second-order valence-corrected chi connectivity index (χ2v) is 5.04. The number of aryl methyl sites for hydroxylation is 1. The van der Waals surface area contributed by atoms with E-state index >= 15 is 0 Å². The lowest BCUT2D eigenvalue weighted by atomic mass is 10.2. The number of hydrogen-bond donors (Lipinski definition) is 2. The highest BCUT2D eigenvalue weighted by Gasteiger charge is 2.11. The van der Waals surface area contributed by atoms with Crippen molar-refractivity contribution in [3.63, 3.8) is 0 Å². The normalized spacial score (nSPS) is 12.7. The number of carbonyl (C=O) groups excluding carboxylic acids is 1. The molecule has 0 aliphatic heterocycles. The summed E-state index contributed by atoms with van der Waals surface area (Å²) in [6.07, 6.45) is 2.36. The van der Waals surface area contributed by atoms with E-state index in [9.17, 15) is 9.90 Å². The zero-order valence-corrected chi connectivity index (χ0v) is 11.3. The van der Waals surface area contributed by atoms with Gasteiger partial charge in [0, 0.05) is 11.0 Å². The fraction of sp³-hybridized carbons (Fsp3) is 0.214. The number of hydrogen-bond acceptors (Lipinski definition) is 4. The fourth-order valence-electron chi connectivity index (χ4n) is 1.53. The van der Waals surface area contributed by atoms with Gasteiger partial charge in [-0.15, -0.1) is 11.3 Å². The Balaban J connectivity index is 1.80. The molecule has 2 N–H and O–H groups in total. The lowest BCUT2D eigenvalue weighted by Gasteiger charge is -2.07. The number of rotatable bonds is 5. The molecule has 0 radical (unpaired) electrons. The summed E-state index contributed by atoms with van der Waals surface area (Å²) in [5.74, 6) is 0.953. The SMILES string of the molecule is Cc1ccc(C(O)CNC(=O)/C=C/c2cccs2)o1. The summed E-state index contributed by atoms with van der Waals surface area (Å²) in [5.41, 5.74) is 0. The molecule has 1 atom stereocenters. The molecule has 2 aromatic rings. The second kappa shape index (κ2) is 6.36. The first-order valence-electron chi connectivity index (χ1n) is 5.89. The van der Waals surface area contributed by atoms with Crippen LogP contribution in [-0.2, 0) is 4.79 Å². The van der Waals surface area contributed by atoms with E-state index in [-0.39, 0.29) is 12.5 Å². The van der Waals surface area contributed by atoms with E-state index in [0.29, 0.717) is 5.76 Å². The Bertz CT molecular complexity index is 557. The predicted molar refractivity (Wildman–Crippen MR) is 74.8 cm³/mol. The molecule has 4 nitrogen and oxygen atoms in total. The van der Waals surface area contributed by atoms with Gasteiger partial charge in [0.2, 0.25) is 5.91 Å². The first kappa shape index (κ1) is 13.6. The standard InChI is InChI=1S/C14H15NO3S/c1-10-4-6-13(18-10)12(16)9-15-14(17)7-5-11-3-2-8-19-11/h2-8,12,16H,9H2,1H3,(H,15,17)/b7-5+. The van der Waals surface area contributed by atoms with Crippen molar-refractivity contribution in [1.82, 2.24) is 5.32 Å². The second-order valence-electron chi connectivity index (χ2n) is 4.06. The van der Waals surface area contributed by atoms with Crippen LogP contribution in [0.4, 0.5) is 0 Å². The highest BCUT2D eigenvalue weighted by molar-refractivity contribution is 7.10. The number of carbonyl (C=O) groups is 1. The number of aliphatic hydroxyl groups is 1. The first-order chi connectivity index (χ1) is 9.15. The van der Waals surface area contributed by atoms with Crippen molar-refractivity contribution in [2.45, 2.75) is 13.0 Å². The van der Waals surface area contributed by atoms with Crippen molar-refractivity contribution in [2.75, 3.05) is 6.54 Å². The third-order valence-corrected chi connectivity index (χ3v) is 3.34. The molecule has 19 heavy (non-hydrogen) atoms.